The molecular formula is C21H25ClN4O3. The fourth-order valence-corrected chi connectivity index (χ4v) is 3.70. The van der Waals surface area contributed by atoms with Crippen molar-refractivity contribution in [3.8, 4) is 0 Å². The van der Waals surface area contributed by atoms with E-state index in [-0.39, 0.29) is 17.6 Å². The third-order valence-electron chi connectivity index (χ3n) is 5.37. The van der Waals surface area contributed by atoms with Gasteiger partial charge in [0.15, 0.2) is 0 Å². The number of benzene rings is 2. The van der Waals surface area contributed by atoms with Gasteiger partial charge in [-0.15, -0.1) is 0 Å². The number of nitro benzene ring substituents is 1. The Hall–Kier alpha value is -2.64. The summed E-state index contributed by atoms with van der Waals surface area (Å²) < 4.78 is 0. The maximum atomic E-state index is 12.7. The highest BCUT2D eigenvalue weighted by Gasteiger charge is 2.28. The van der Waals surface area contributed by atoms with Gasteiger partial charge in [0.1, 0.15) is 5.69 Å². The quantitative estimate of drug-likeness (QED) is 0.588. The summed E-state index contributed by atoms with van der Waals surface area (Å²) in [6, 6.07) is 10.4. The van der Waals surface area contributed by atoms with Gasteiger partial charge in [0.05, 0.1) is 11.0 Å². The first-order valence-electron chi connectivity index (χ1n) is 9.57. The number of aryl methyl sites for hydroxylation is 2. The number of amides is 1. The van der Waals surface area contributed by atoms with Crippen LogP contribution in [-0.2, 0) is 4.79 Å². The molecular weight excluding hydrogens is 392 g/mol. The summed E-state index contributed by atoms with van der Waals surface area (Å²) in [5.74, 6) is -0.0513. The van der Waals surface area contributed by atoms with Gasteiger partial charge in [-0.3, -0.25) is 19.8 Å². The molecule has 1 unspecified atom stereocenters. The Labute approximate surface area is 175 Å². The Balaban J connectivity index is 1.64. The van der Waals surface area contributed by atoms with Crippen LogP contribution in [0.15, 0.2) is 36.4 Å². The fraction of sp³-hybridized carbons (Fsp3) is 0.381. The predicted octanol–water partition coefficient (Wildman–Crippen LogP) is 4.01. The highest BCUT2D eigenvalue weighted by atomic mass is 35.5. The van der Waals surface area contributed by atoms with E-state index in [1.165, 1.54) is 6.07 Å². The minimum Gasteiger partial charge on any atom is -0.363 e. The van der Waals surface area contributed by atoms with E-state index in [4.69, 9.17) is 11.6 Å². The van der Waals surface area contributed by atoms with Gasteiger partial charge in [-0.2, -0.15) is 0 Å². The third-order valence-corrected chi connectivity index (χ3v) is 5.60. The second kappa shape index (κ2) is 8.80. The van der Waals surface area contributed by atoms with Crippen LogP contribution in [0, 0.1) is 24.0 Å². The molecule has 7 nitrogen and oxygen atoms in total. The number of halogens is 1. The Morgan fingerprint density at radius 3 is 2.48 bits per heavy atom. The van der Waals surface area contributed by atoms with Gasteiger partial charge >= 0.3 is 0 Å². The highest BCUT2D eigenvalue weighted by molar-refractivity contribution is 6.30. The number of carbonyl (C=O) groups is 1. The van der Waals surface area contributed by atoms with E-state index in [1.807, 2.05) is 43.9 Å². The number of hydrogen-bond donors (Lipinski definition) is 1. The summed E-state index contributed by atoms with van der Waals surface area (Å²) in [4.78, 5) is 27.8. The molecule has 1 atom stereocenters. The predicted molar refractivity (Wildman–Crippen MR) is 116 cm³/mol. The zero-order valence-electron chi connectivity index (χ0n) is 16.8. The largest absolute Gasteiger partial charge is 0.363 e. The first-order chi connectivity index (χ1) is 13.8. The van der Waals surface area contributed by atoms with Crippen LogP contribution in [-0.4, -0.2) is 48.0 Å². The second-order valence-electron chi connectivity index (χ2n) is 7.40. The van der Waals surface area contributed by atoms with Crippen LogP contribution in [0.4, 0.5) is 17.1 Å². The first-order valence-corrected chi connectivity index (χ1v) is 9.95. The van der Waals surface area contributed by atoms with E-state index >= 15 is 0 Å². The van der Waals surface area contributed by atoms with Crippen LogP contribution in [0.1, 0.15) is 18.1 Å². The normalized spacial score (nSPS) is 15.8. The maximum absolute atomic E-state index is 12.7. The summed E-state index contributed by atoms with van der Waals surface area (Å²) in [5, 5.41) is 14.7. The van der Waals surface area contributed by atoms with Gasteiger partial charge in [-0.25, -0.2) is 0 Å². The standard InChI is InChI=1S/C21H25ClN4O3/c1-14-4-5-15(2)18(12-14)23-21(27)16(3)24-8-10-25(11-9-24)19-7-6-17(22)13-20(19)26(28)29/h4-7,12-13,16H,8-11H2,1-3H3,(H,23,27). The van der Waals surface area contributed by atoms with Crippen molar-refractivity contribution in [3.05, 3.63) is 62.7 Å². The molecule has 0 spiro atoms. The summed E-state index contributed by atoms with van der Waals surface area (Å²) in [7, 11) is 0. The lowest BCUT2D eigenvalue weighted by molar-refractivity contribution is -0.384. The number of carbonyl (C=O) groups excluding carboxylic acids is 1. The van der Waals surface area contributed by atoms with E-state index in [1.54, 1.807) is 12.1 Å². The summed E-state index contributed by atoms with van der Waals surface area (Å²) in [6.45, 7) is 8.33. The summed E-state index contributed by atoms with van der Waals surface area (Å²) in [5.41, 5.74) is 3.52. The van der Waals surface area contributed by atoms with Crippen LogP contribution in [0.5, 0.6) is 0 Å². The van der Waals surface area contributed by atoms with Gasteiger partial charge in [0.2, 0.25) is 5.91 Å². The maximum Gasteiger partial charge on any atom is 0.294 e. The van der Waals surface area contributed by atoms with Crippen LogP contribution in [0.2, 0.25) is 5.02 Å². The monoisotopic (exact) mass is 416 g/mol. The second-order valence-corrected chi connectivity index (χ2v) is 7.83. The molecule has 1 saturated heterocycles. The average Bonchev–Trinajstić information content (AvgIpc) is 2.70. The number of nitro groups is 1. The van der Waals surface area contributed by atoms with E-state index in [9.17, 15) is 14.9 Å². The Morgan fingerprint density at radius 1 is 1.14 bits per heavy atom. The van der Waals surface area contributed by atoms with Gasteiger partial charge < -0.3 is 10.2 Å². The van der Waals surface area contributed by atoms with E-state index in [0.717, 1.165) is 16.8 Å². The lowest BCUT2D eigenvalue weighted by Crippen LogP contribution is -2.53. The zero-order chi connectivity index (χ0) is 21.1. The Kier molecular flexibility index (Phi) is 6.39. The zero-order valence-corrected chi connectivity index (χ0v) is 17.6. The molecule has 2 aromatic carbocycles. The molecule has 1 N–H and O–H groups in total. The molecule has 3 rings (SSSR count). The Bertz CT molecular complexity index is 926. The molecule has 1 heterocycles. The van der Waals surface area contributed by atoms with Crippen LogP contribution in [0.25, 0.3) is 0 Å². The molecule has 1 aliphatic rings. The molecule has 0 saturated carbocycles. The molecule has 1 amide bonds. The summed E-state index contributed by atoms with van der Waals surface area (Å²) in [6.07, 6.45) is 0. The van der Waals surface area contributed by atoms with Crippen molar-refractivity contribution >= 4 is 34.6 Å². The van der Waals surface area contributed by atoms with Gasteiger partial charge in [-0.05, 0) is 50.1 Å². The van der Waals surface area contributed by atoms with Gasteiger partial charge in [0.25, 0.3) is 5.69 Å². The number of nitrogens with zero attached hydrogens (tertiary/aromatic N) is 3. The topological polar surface area (TPSA) is 78.7 Å². The van der Waals surface area contributed by atoms with Gasteiger partial charge in [-0.1, -0.05) is 23.7 Å². The van der Waals surface area contributed by atoms with Crippen molar-refractivity contribution < 1.29 is 9.72 Å². The van der Waals surface area contributed by atoms with Gasteiger partial charge in [0, 0.05) is 43.0 Å². The van der Waals surface area contributed by atoms with Crippen LogP contribution in [0.3, 0.4) is 0 Å². The molecule has 2 aromatic rings. The number of rotatable bonds is 5. The number of nitrogens with one attached hydrogen (secondary N) is 1. The highest BCUT2D eigenvalue weighted by Crippen LogP contribution is 2.31. The molecule has 1 aliphatic heterocycles. The average molecular weight is 417 g/mol. The third kappa shape index (κ3) is 4.86. The van der Waals surface area contributed by atoms with Crippen molar-refractivity contribution in [1.29, 1.82) is 0 Å². The lowest BCUT2D eigenvalue weighted by atomic mass is 10.1. The number of hydrogen-bond acceptors (Lipinski definition) is 5. The van der Waals surface area contributed by atoms with Crippen molar-refractivity contribution in [1.82, 2.24) is 4.90 Å². The smallest absolute Gasteiger partial charge is 0.294 e. The van der Waals surface area contributed by atoms with Crippen LogP contribution < -0.4 is 10.2 Å². The summed E-state index contributed by atoms with van der Waals surface area (Å²) >= 11 is 5.91. The molecule has 29 heavy (non-hydrogen) atoms. The van der Waals surface area contributed by atoms with Crippen LogP contribution >= 0.6 is 11.6 Å². The van der Waals surface area contributed by atoms with Crippen molar-refractivity contribution in [2.75, 3.05) is 36.4 Å². The molecule has 154 valence electrons. The molecule has 8 heteroatoms. The van der Waals surface area contributed by atoms with Crippen molar-refractivity contribution in [3.63, 3.8) is 0 Å². The minimum atomic E-state index is -0.409. The Morgan fingerprint density at radius 2 is 1.83 bits per heavy atom. The van der Waals surface area contributed by atoms with E-state index in [0.29, 0.717) is 36.9 Å². The molecule has 0 radical (unpaired) electrons. The number of piperazine rings is 1. The minimum absolute atomic E-state index is 0.00617. The van der Waals surface area contributed by atoms with E-state index in [2.05, 4.69) is 10.2 Å². The molecule has 0 aliphatic carbocycles. The first kappa shape index (κ1) is 21.1. The van der Waals surface area contributed by atoms with Crippen molar-refractivity contribution in [2.45, 2.75) is 26.8 Å². The van der Waals surface area contributed by atoms with Crippen molar-refractivity contribution in [2.24, 2.45) is 0 Å². The molecule has 0 aromatic heterocycles. The fourth-order valence-electron chi connectivity index (χ4n) is 3.53. The number of anilines is 2. The molecule has 0 bridgehead atoms. The molecule has 1 fully saturated rings. The SMILES string of the molecule is Cc1ccc(C)c(NC(=O)C(C)N2CCN(c3ccc(Cl)cc3[N+](=O)[O-])CC2)c1. The van der Waals surface area contributed by atoms with E-state index < -0.39 is 4.92 Å². The lowest BCUT2D eigenvalue weighted by Gasteiger charge is -2.38.